The Bertz CT molecular complexity index is 706. The van der Waals surface area contributed by atoms with E-state index in [1.807, 2.05) is 26.0 Å². The quantitative estimate of drug-likeness (QED) is 0.483. The predicted molar refractivity (Wildman–Crippen MR) is 89.7 cm³/mol. The van der Waals surface area contributed by atoms with E-state index in [-0.39, 0.29) is 17.2 Å². The Kier molecular flexibility index (Phi) is 4.56. The van der Waals surface area contributed by atoms with E-state index in [2.05, 4.69) is 27.9 Å². The maximum absolute atomic E-state index is 12.2. The highest BCUT2D eigenvalue weighted by molar-refractivity contribution is 14.1. The van der Waals surface area contributed by atoms with Crippen molar-refractivity contribution >= 4 is 39.9 Å². The molecule has 6 heteroatoms. The molecule has 108 valence electrons. The van der Waals surface area contributed by atoms with Gasteiger partial charge in [0.05, 0.1) is 4.92 Å². The summed E-state index contributed by atoms with van der Waals surface area (Å²) in [5.41, 5.74) is 2.99. The van der Waals surface area contributed by atoms with Crippen molar-refractivity contribution in [1.29, 1.82) is 0 Å². The zero-order valence-electron chi connectivity index (χ0n) is 11.5. The molecule has 0 bridgehead atoms. The van der Waals surface area contributed by atoms with Crippen LogP contribution in [0.1, 0.15) is 21.5 Å². The molecule has 21 heavy (non-hydrogen) atoms. The van der Waals surface area contributed by atoms with E-state index in [4.69, 9.17) is 0 Å². The minimum Gasteiger partial charge on any atom is -0.322 e. The molecule has 0 spiro atoms. The van der Waals surface area contributed by atoms with Crippen molar-refractivity contribution in [3.63, 3.8) is 0 Å². The standard InChI is InChI=1S/C15H13IN2O3/c1-9-6-12(7-10(2)14(9)16)17-15(19)11-4-3-5-13(8-11)18(20)21/h3-8H,1-2H3,(H,17,19). The Morgan fingerprint density at radius 2 is 1.81 bits per heavy atom. The van der Waals surface area contributed by atoms with E-state index >= 15 is 0 Å². The molecule has 1 N–H and O–H groups in total. The van der Waals surface area contributed by atoms with E-state index < -0.39 is 4.92 Å². The molecule has 2 aromatic rings. The predicted octanol–water partition coefficient (Wildman–Crippen LogP) is 4.07. The van der Waals surface area contributed by atoms with Crippen LogP contribution in [0.4, 0.5) is 11.4 Å². The summed E-state index contributed by atoms with van der Waals surface area (Å²) >= 11 is 2.25. The fourth-order valence-electron chi connectivity index (χ4n) is 1.98. The third-order valence-corrected chi connectivity index (χ3v) is 4.72. The number of aryl methyl sites for hydroxylation is 2. The van der Waals surface area contributed by atoms with Crippen molar-refractivity contribution in [2.24, 2.45) is 0 Å². The van der Waals surface area contributed by atoms with Crippen LogP contribution in [-0.2, 0) is 0 Å². The van der Waals surface area contributed by atoms with Crippen LogP contribution in [0.3, 0.4) is 0 Å². The average molecular weight is 396 g/mol. The van der Waals surface area contributed by atoms with E-state index in [0.29, 0.717) is 5.69 Å². The van der Waals surface area contributed by atoms with E-state index in [1.165, 1.54) is 18.2 Å². The zero-order valence-corrected chi connectivity index (χ0v) is 13.7. The number of hydrogen-bond donors (Lipinski definition) is 1. The monoisotopic (exact) mass is 396 g/mol. The summed E-state index contributed by atoms with van der Waals surface area (Å²) in [7, 11) is 0. The third kappa shape index (κ3) is 3.57. The van der Waals surface area contributed by atoms with Gasteiger partial charge in [0.25, 0.3) is 11.6 Å². The number of benzene rings is 2. The summed E-state index contributed by atoms with van der Waals surface area (Å²) in [6.07, 6.45) is 0. The van der Waals surface area contributed by atoms with Crippen LogP contribution in [0.5, 0.6) is 0 Å². The lowest BCUT2D eigenvalue weighted by atomic mass is 10.1. The van der Waals surface area contributed by atoms with Crippen LogP contribution in [0.2, 0.25) is 0 Å². The second kappa shape index (κ2) is 6.21. The van der Waals surface area contributed by atoms with Crippen LogP contribution in [0.15, 0.2) is 36.4 Å². The molecule has 0 radical (unpaired) electrons. The number of carbonyl (C=O) groups excluding carboxylic acids is 1. The lowest BCUT2D eigenvalue weighted by Gasteiger charge is -2.09. The molecule has 0 aromatic heterocycles. The van der Waals surface area contributed by atoms with Crippen molar-refractivity contribution in [3.8, 4) is 0 Å². The summed E-state index contributed by atoms with van der Waals surface area (Å²) in [6, 6.07) is 9.43. The Labute approximate surface area is 135 Å². The summed E-state index contributed by atoms with van der Waals surface area (Å²) in [5.74, 6) is -0.362. The van der Waals surface area contributed by atoms with Crippen LogP contribution in [-0.4, -0.2) is 10.8 Å². The van der Waals surface area contributed by atoms with Crippen molar-refractivity contribution in [1.82, 2.24) is 0 Å². The Morgan fingerprint density at radius 1 is 1.19 bits per heavy atom. The van der Waals surface area contributed by atoms with Gasteiger partial charge in [-0.25, -0.2) is 0 Å². The fraction of sp³-hybridized carbons (Fsp3) is 0.133. The smallest absolute Gasteiger partial charge is 0.270 e. The van der Waals surface area contributed by atoms with Crippen molar-refractivity contribution in [3.05, 3.63) is 66.8 Å². The minimum absolute atomic E-state index is 0.0994. The summed E-state index contributed by atoms with van der Waals surface area (Å²) < 4.78 is 1.15. The number of nitro benzene ring substituents is 1. The largest absolute Gasteiger partial charge is 0.322 e. The van der Waals surface area contributed by atoms with Crippen molar-refractivity contribution in [2.45, 2.75) is 13.8 Å². The summed E-state index contributed by atoms with van der Waals surface area (Å²) in [5, 5.41) is 13.5. The molecule has 0 aliphatic rings. The molecule has 0 saturated heterocycles. The van der Waals surface area contributed by atoms with Crippen molar-refractivity contribution in [2.75, 3.05) is 5.32 Å². The van der Waals surface area contributed by atoms with Crippen LogP contribution >= 0.6 is 22.6 Å². The molecular weight excluding hydrogens is 383 g/mol. The van der Waals surface area contributed by atoms with Gasteiger partial charge in [0.15, 0.2) is 0 Å². The molecular formula is C15H13IN2O3. The van der Waals surface area contributed by atoms with Gasteiger partial charge in [-0.2, -0.15) is 0 Å². The van der Waals surface area contributed by atoms with Gasteiger partial charge >= 0.3 is 0 Å². The first kappa shape index (κ1) is 15.4. The van der Waals surface area contributed by atoms with E-state index in [9.17, 15) is 14.9 Å². The molecule has 0 unspecified atom stereocenters. The molecule has 0 aliphatic heterocycles. The maximum Gasteiger partial charge on any atom is 0.270 e. The maximum atomic E-state index is 12.2. The van der Waals surface area contributed by atoms with Gasteiger partial charge in [-0.15, -0.1) is 0 Å². The Hall–Kier alpha value is -1.96. The molecule has 2 rings (SSSR count). The van der Waals surface area contributed by atoms with Crippen LogP contribution < -0.4 is 5.32 Å². The molecule has 0 fully saturated rings. The number of nitro groups is 1. The summed E-state index contributed by atoms with van der Waals surface area (Å²) in [4.78, 5) is 22.4. The first-order valence-corrected chi connectivity index (χ1v) is 7.29. The molecule has 2 aromatic carbocycles. The number of rotatable bonds is 3. The minimum atomic E-state index is -0.518. The lowest BCUT2D eigenvalue weighted by Crippen LogP contribution is -2.12. The van der Waals surface area contributed by atoms with E-state index in [0.717, 1.165) is 14.7 Å². The van der Waals surface area contributed by atoms with Gasteiger partial charge < -0.3 is 5.32 Å². The number of amides is 1. The molecule has 0 saturated carbocycles. The van der Waals surface area contributed by atoms with Gasteiger partial charge in [-0.05, 0) is 65.8 Å². The number of carbonyl (C=O) groups is 1. The Morgan fingerprint density at radius 3 is 2.38 bits per heavy atom. The normalized spacial score (nSPS) is 10.2. The average Bonchev–Trinajstić information content (AvgIpc) is 2.44. The third-order valence-electron chi connectivity index (χ3n) is 3.01. The second-order valence-electron chi connectivity index (χ2n) is 4.69. The zero-order chi connectivity index (χ0) is 15.6. The molecule has 0 heterocycles. The number of hydrogen-bond acceptors (Lipinski definition) is 3. The number of non-ortho nitro benzene ring substituents is 1. The molecule has 1 amide bonds. The second-order valence-corrected chi connectivity index (χ2v) is 5.76. The first-order chi connectivity index (χ1) is 9.88. The Balaban J connectivity index is 2.26. The SMILES string of the molecule is Cc1cc(NC(=O)c2cccc([N+](=O)[O-])c2)cc(C)c1I. The number of nitrogens with one attached hydrogen (secondary N) is 1. The van der Waals surface area contributed by atoms with Gasteiger partial charge in [0.1, 0.15) is 0 Å². The molecule has 5 nitrogen and oxygen atoms in total. The van der Waals surface area contributed by atoms with Gasteiger partial charge in [0, 0.05) is 27.0 Å². The first-order valence-electron chi connectivity index (χ1n) is 6.21. The topological polar surface area (TPSA) is 72.2 Å². The van der Waals surface area contributed by atoms with Gasteiger partial charge in [-0.1, -0.05) is 6.07 Å². The summed E-state index contributed by atoms with van der Waals surface area (Å²) in [6.45, 7) is 3.94. The highest BCUT2D eigenvalue weighted by Gasteiger charge is 2.12. The lowest BCUT2D eigenvalue weighted by molar-refractivity contribution is -0.384. The highest BCUT2D eigenvalue weighted by atomic mass is 127. The number of anilines is 1. The fourth-order valence-corrected chi connectivity index (χ4v) is 2.29. The van der Waals surface area contributed by atoms with Crippen LogP contribution in [0, 0.1) is 27.5 Å². The number of nitrogens with zero attached hydrogens (tertiary/aromatic N) is 1. The van der Waals surface area contributed by atoms with Gasteiger partial charge in [0.2, 0.25) is 0 Å². The molecule has 0 aliphatic carbocycles. The van der Waals surface area contributed by atoms with Gasteiger partial charge in [-0.3, -0.25) is 14.9 Å². The molecule has 0 atom stereocenters. The van der Waals surface area contributed by atoms with E-state index in [1.54, 1.807) is 6.07 Å². The van der Waals surface area contributed by atoms with Crippen LogP contribution in [0.25, 0.3) is 0 Å². The van der Waals surface area contributed by atoms with Crippen molar-refractivity contribution < 1.29 is 9.72 Å². The number of halogens is 1. The highest BCUT2D eigenvalue weighted by Crippen LogP contribution is 2.22.